The minimum atomic E-state index is -0.305. The van der Waals surface area contributed by atoms with Crippen molar-refractivity contribution in [3.63, 3.8) is 0 Å². The summed E-state index contributed by atoms with van der Waals surface area (Å²) in [4.78, 5) is 27.0. The molecule has 0 fully saturated rings. The first-order chi connectivity index (χ1) is 19.5. The smallest absolute Gasteiger partial charge is 0.308 e. The Morgan fingerprint density at radius 2 is 0.900 bits per heavy atom. The molecule has 0 radical (unpaired) electrons. The summed E-state index contributed by atoms with van der Waals surface area (Å²) in [7, 11) is 0. The van der Waals surface area contributed by atoms with Gasteiger partial charge in [0.1, 0.15) is 0 Å². The Labute approximate surface area is 252 Å². The molecule has 0 spiro atoms. The topological polar surface area (TPSA) is 82.3 Å². The van der Waals surface area contributed by atoms with Crippen molar-refractivity contribution in [3.8, 4) is 0 Å². The number of hydrogen-bond donors (Lipinski definition) is 4. The van der Waals surface area contributed by atoms with E-state index in [1.54, 1.807) is 72.1 Å². The lowest BCUT2D eigenvalue weighted by Crippen LogP contribution is -2.19. The van der Waals surface area contributed by atoms with Gasteiger partial charge in [0.2, 0.25) is 0 Å². The van der Waals surface area contributed by atoms with Gasteiger partial charge in [0, 0.05) is 31.2 Å². The van der Waals surface area contributed by atoms with Gasteiger partial charge in [-0.2, -0.15) is 0 Å². The molecule has 0 aliphatic heterocycles. The van der Waals surface area contributed by atoms with Gasteiger partial charge in [-0.05, 0) is 97.1 Å². The van der Waals surface area contributed by atoms with Gasteiger partial charge in [-0.3, -0.25) is 0 Å². The van der Waals surface area contributed by atoms with Crippen LogP contribution in [-0.2, 0) is 0 Å². The SMILES string of the molecule is O=C(Nc1ccc(Cl)cc1)Nc1ccccc1SCCCCSc1ccccc1NC(=O)Nc1ccc(Cl)cc1. The molecule has 4 rings (SSSR count). The molecule has 0 atom stereocenters. The molecule has 4 amide bonds. The lowest BCUT2D eigenvalue weighted by atomic mass is 10.3. The fraction of sp³-hybridized carbons (Fsp3) is 0.133. The molecule has 4 aromatic rings. The Balaban J connectivity index is 1.19. The summed E-state index contributed by atoms with van der Waals surface area (Å²) in [5.41, 5.74) is 2.88. The second kappa shape index (κ2) is 15.5. The zero-order chi connectivity index (χ0) is 28.2. The van der Waals surface area contributed by atoms with E-state index in [-0.39, 0.29) is 12.1 Å². The summed E-state index contributed by atoms with van der Waals surface area (Å²) in [6.45, 7) is 0. The Bertz CT molecular complexity index is 1310. The Morgan fingerprint density at radius 1 is 0.525 bits per heavy atom. The molecule has 206 valence electrons. The van der Waals surface area contributed by atoms with Gasteiger partial charge in [0.05, 0.1) is 11.4 Å². The molecule has 0 bridgehead atoms. The predicted molar refractivity (Wildman–Crippen MR) is 172 cm³/mol. The van der Waals surface area contributed by atoms with Crippen LogP contribution in [0.2, 0.25) is 10.0 Å². The molecule has 0 aliphatic carbocycles. The molecule has 0 aromatic heterocycles. The molecule has 0 saturated carbocycles. The highest BCUT2D eigenvalue weighted by molar-refractivity contribution is 7.99. The quantitative estimate of drug-likeness (QED) is 0.101. The van der Waals surface area contributed by atoms with Crippen molar-refractivity contribution < 1.29 is 9.59 Å². The van der Waals surface area contributed by atoms with Crippen LogP contribution in [0.15, 0.2) is 107 Å². The summed E-state index contributed by atoms with van der Waals surface area (Å²) in [6, 6.07) is 28.9. The zero-order valence-corrected chi connectivity index (χ0v) is 24.6. The van der Waals surface area contributed by atoms with Gasteiger partial charge >= 0.3 is 12.1 Å². The molecule has 0 unspecified atom stereocenters. The number of para-hydroxylation sites is 2. The number of unbranched alkanes of at least 4 members (excludes halogenated alkanes) is 1. The number of thioether (sulfide) groups is 2. The van der Waals surface area contributed by atoms with Crippen molar-refractivity contribution >= 4 is 81.5 Å². The van der Waals surface area contributed by atoms with E-state index in [0.29, 0.717) is 21.4 Å². The highest BCUT2D eigenvalue weighted by atomic mass is 35.5. The van der Waals surface area contributed by atoms with Gasteiger partial charge in [0.25, 0.3) is 0 Å². The minimum absolute atomic E-state index is 0.305. The highest BCUT2D eigenvalue weighted by Crippen LogP contribution is 2.30. The van der Waals surface area contributed by atoms with E-state index >= 15 is 0 Å². The monoisotopic (exact) mass is 610 g/mol. The molecule has 6 nitrogen and oxygen atoms in total. The maximum absolute atomic E-state index is 12.5. The first kappa shape index (κ1) is 29.7. The first-order valence-electron chi connectivity index (χ1n) is 12.6. The summed E-state index contributed by atoms with van der Waals surface area (Å²) in [5, 5.41) is 12.7. The summed E-state index contributed by atoms with van der Waals surface area (Å²) in [5.74, 6) is 1.84. The third-order valence-corrected chi connectivity index (χ3v) is 8.35. The predicted octanol–water partition coefficient (Wildman–Crippen LogP) is 9.95. The van der Waals surface area contributed by atoms with Gasteiger partial charge in [0.15, 0.2) is 0 Å². The van der Waals surface area contributed by atoms with Gasteiger partial charge in [-0.25, -0.2) is 9.59 Å². The molecular weight excluding hydrogens is 583 g/mol. The van der Waals surface area contributed by atoms with Gasteiger partial charge < -0.3 is 21.3 Å². The van der Waals surface area contributed by atoms with Crippen molar-refractivity contribution in [3.05, 3.63) is 107 Å². The van der Waals surface area contributed by atoms with Crippen LogP contribution in [0.5, 0.6) is 0 Å². The second-order valence-corrected chi connectivity index (χ2v) is 11.7. The number of amides is 4. The van der Waals surface area contributed by atoms with Gasteiger partial charge in [-0.1, -0.05) is 47.5 Å². The highest BCUT2D eigenvalue weighted by Gasteiger charge is 2.09. The third-order valence-electron chi connectivity index (χ3n) is 5.53. The maximum Gasteiger partial charge on any atom is 0.323 e. The van der Waals surface area contributed by atoms with Crippen LogP contribution >= 0.6 is 46.7 Å². The second-order valence-electron chi connectivity index (χ2n) is 8.57. The molecule has 4 aromatic carbocycles. The maximum atomic E-state index is 12.5. The van der Waals surface area contributed by atoms with Crippen LogP contribution in [0.25, 0.3) is 0 Å². The summed E-state index contributed by atoms with van der Waals surface area (Å²) in [6.07, 6.45) is 2.02. The molecule has 10 heteroatoms. The lowest BCUT2D eigenvalue weighted by molar-refractivity contribution is 0.261. The van der Waals surface area contributed by atoms with E-state index in [4.69, 9.17) is 23.2 Å². The van der Waals surface area contributed by atoms with E-state index in [2.05, 4.69) is 21.3 Å². The summed E-state index contributed by atoms with van der Waals surface area (Å²) >= 11 is 15.2. The van der Waals surface area contributed by atoms with E-state index in [9.17, 15) is 9.59 Å². The van der Waals surface area contributed by atoms with Crippen LogP contribution in [-0.4, -0.2) is 23.6 Å². The van der Waals surface area contributed by atoms with Crippen molar-refractivity contribution in [2.75, 3.05) is 32.8 Å². The van der Waals surface area contributed by atoms with Gasteiger partial charge in [-0.15, -0.1) is 23.5 Å². The number of benzene rings is 4. The molecule has 40 heavy (non-hydrogen) atoms. The molecular formula is C30H28Cl2N4O2S2. The Morgan fingerprint density at radius 3 is 1.30 bits per heavy atom. The van der Waals surface area contributed by atoms with Crippen molar-refractivity contribution in [1.29, 1.82) is 0 Å². The number of anilines is 4. The average molecular weight is 612 g/mol. The van der Waals surface area contributed by atoms with Crippen molar-refractivity contribution in [2.45, 2.75) is 22.6 Å². The summed E-state index contributed by atoms with van der Waals surface area (Å²) < 4.78 is 0. The van der Waals surface area contributed by atoms with Crippen molar-refractivity contribution in [1.82, 2.24) is 0 Å². The fourth-order valence-electron chi connectivity index (χ4n) is 3.60. The number of halogens is 2. The van der Waals surface area contributed by atoms with Crippen LogP contribution in [0.4, 0.5) is 32.3 Å². The van der Waals surface area contributed by atoms with E-state index in [1.165, 1.54) is 0 Å². The van der Waals surface area contributed by atoms with Crippen molar-refractivity contribution in [2.24, 2.45) is 0 Å². The van der Waals surface area contributed by atoms with E-state index in [0.717, 1.165) is 45.5 Å². The standard InChI is InChI=1S/C30H28Cl2N4O2S2/c31-21-11-15-23(16-12-21)33-29(37)35-25-7-1-3-9-27(25)39-19-5-6-20-40-28-10-4-2-8-26(28)36-30(38)34-24-17-13-22(32)14-18-24/h1-4,7-18H,5-6,19-20H2,(H2,33,35,37)(H2,34,36,38). The number of urea groups is 2. The van der Waals surface area contributed by atoms with Crippen LogP contribution < -0.4 is 21.3 Å². The normalized spacial score (nSPS) is 10.6. The molecule has 4 N–H and O–H groups in total. The third kappa shape index (κ3) is 9.71. The fourth-order valence-corrected chi connectivity index (χ4v) is 5.88. The minimum Gasteiger partial charge on any atom is -0.308 e. The van der Waals surface area contributed by atoms with Crippen LogP contribution in [0.1, 0.15) is 12.8 Å². The number of nitrogens with one attached hydrogen (secondary N) is 4. The Hall–Kier alpha value is -3.30. The lowest BCUT2D eigenvalue weighted by Gasteiger charge is -2.12. The average Bonchev–Trinajstić information content (AvgIpc) is 2.95. The van der Waals surface area contributed by atoms with E-state index < -0.39 is 0 Å². The molecule has 0 heterocycles. The molecule has 0 saturated heterocycles. The van der Waals surface area contributed by atoms with Crippen LogP contribution in [0, 0.1) is 0 Å². The largest absolute Gasteiger partial charge is 0.323 e. The first-order valence-corrected chi connectivity index (χ1v) is 15.3. The number of hydrogen-bond acceptors (Lipinski definition) is 4. The zero-order valence-electron chi connectivity index (χ0n) is 21.5. The number of rotatable bonds is 11. The molecule has 0 aliphatic rings. The number of carbonyl (C=O) groups is 2. The number of carbonyl (C=O) groups excluding carboxylic acids is 2. The van der Waals surface area contributed by atoms with Crippen LogP contribution in [0.3, 0.4) is 0 Å². The Kier molecular flexibility index (Phi) is 11.5. The van der Waals surface area contributed by atoms with E-state index in [1.807, 2.05) is 48.5 Å².